The van der Waals surface area contributed by atoms with E-state index in [0.29, 0.717) is 0 Å². The van der Waals surface area contributed by atoms with Crippen LogP contribution >= 0.6 is 0 Å². The number of hydrogen-bond donors (Lipinski definition) is 1. The van der Waals surface area contributed by atoms with Crippen molar-refractivity contribution < 1.29 is 4.79 Å². The van der Waals surface area contributed by atoms with Crippen LogP contribution in [0.1, 0.15) is 52.4 Å². The lowest BCUT2D eigenvalue weighted by molar-refractivity contribution is -0.115. The number of rotatable bonds is 1. The van der Waals surface area contributed by atoms with Gasteiger partial charge in [0.2, 0.25) is 0 Å². The van der Waals surface area contributed by atoms with Gasteiger partial charge in [-0.25, -0.2) is 0 Å². The fraction of sp³-hybridized carbons (Fsp3) is 0.833. The average molecular weight is 208 g/mol. The van der Waals surface area contributed by atoms with Crippen molar-refractivity contribution in [3.8, 4) is 0 Å². The summed E-state index contributed by atoms with van der Waals surface area (Å²) >= 11 is 0. The van der Waals surface area contributed by atoms with Crippen LogP contribution in [0.25, 0.3) is 0 Å². The second-order valence-corrected chi connectivity index (χ2v) is 5.05. The molecule has 15 heavy (non-hydrogen) atoms. The van der Waals surface area contributed by atoms with Crippen LogP contribution in [0, 0.1) is 5.92 Å². The largest absolute Gasteiger partial charge is 0.327 e. The van der Waals surface area contributed by atoms with Gasteiger partial charge in [-0.1, -0.05) is 26.7 Å². The fourth-order valence-electron chi connectivity index (χ4n) is 2.53. The second-order valence-electron chi connectivity index (χ2n) is 5.05. The third-order valence-electron chi connectivity index (χ3n) is 3.39. The Hall–Kier alpha value is -0.860. The van der Waals surface area contributed by atoms with Gasteiger partial charge in [-0.15, -0.1) is 0 Å². The highest BCUT2D eigenvalue weighted by molar-refractivity contribution is 6.41. The summed E-state index contributed by atoms with van der Waals surface area (Å²) in [5, 5.41) is 3.10. The van der Waals surface area contributed by atoms with Gasteiger partial charge in [0.15, 0.2) is 0 Å². The van der Waals surface area contributed by atoms with Crippen molar-refractivity contribution in [2.45, 2.75) is 58.0 Å². The van der Waals surface area contributed by atoms with Crippen molar-refractivity contribution in [1.82, 2.24) is 5.32 Å². The van der Waals surface area contributed by atoms with E-state index in [0.717, 1.165) is 18.6 Å². The summed E-state index contributed by atoms with van der Waals surface area (Å²) in [6, 6.07) is 0. The molecule has 1 heterocycles. The Labute approximate surface area is 91.3 Å². The fourth-order valence-corrected chi connectivity index (χ4v) is 2.53. The van der Waals surface area contributed by atoms with Crippen LogP contribution in [0.4, 0.5) is 0 Å². The predicted octanol–water partition coefficient (Wildman–Crippen LogP) is 2.26. The predicted molar refractivity (Wildman–Crippen MR) is 60.8 cm³/mol. The van der Waals surface area contributed by atoms with Gasteiger partial charge in [0.05, 0.1) is 0 Å². The van der Waals surface area contributed by atoms with Gasteiger partial charge >= 0.3 is 0 Å². The minimum Gasteiger partial charge on any atom is -0.327 e. The van der Waals surface area contributed by atoms with E-state index in [9.17, 15) is 4.79 Å². The van der Waals surface area contributed by atoms with Crippen LogP contribution in [0.15, 0.2) is 4.99 Å². The monoisotopic (exact) mass is 208 g/mol. The third-order valence-corrected chi connectivity index (χ3v) is 3.39. The Bertz CT molecular complexity index is 286. The molecule has 1 N–H and O–H groups in total. The summed E-state index contributed by atoms with van der Waals surface area (Å²) < 4.78 is 0. The van der Waals surface area contributed by atoms with Gasteiger partial charge < -0.3 is 5.32 Å². The first kappa shape index (κ1) is 10.7. The molecule has 3 nitrogen and oxygen atoms in total. The molecule has 2 rings (SSSR count). The van der Waals surface area contributed by atoms with Crippen molar-refractivity contribution >= 4 is 11.6 Å². The van der Waals surface area contributed by atoms with Crippen LogP contribution in [0.3, 0.4) is 0 Å². The molecule has 0 radical (unpaired) electrons. The van der Waals surface area contributed by atoms with Gasteiger partial charge in [0, 0.05) is 5.92 Å². The molecule has 1 aliphatic carbocycles. The lowest BCUT2D eigenvalue weighted by Crippen LogP contribution is -2.42. The summed E-state index contributed by atoms with van der Waals surface area (Å²) in [7, 11) is 0. The van der Waals surface area contributed by atoms with Crippen molar-refractivity contribution in [3.63, 3.8) is 0 Å². The molecular weight excluding hydrogens is 188 g/mol. The second kappa shape index (κ2) is 3.95. The molecule has 0 aromatic rings. The number of carbonyl (C=O) groups excluding carboxylic acids is 1. The molecule has 1 fully saturated rings. The highest BCUT2D eigenvalue weighted by Crippen LogP contribution is 2.31. The molecule has 0 bridgehead atoms. The number of nitrogens with zero attached hydrogens (tertiary/aromatic N) is 1. The Kier molecular flexibility index (Phi) is 2.81. The summed E-state index contributed by atoms with van der Waals surface area (Å²) in [6.45, 7) is 4.07. The molecule has 0 aromatic heterocycles. The van der Waals surface area contributed by atoms with E-state index in [1.54, 1.807) is 0 Å². The van der Waals surface area contributed by atoms with Crippen molar-refractivity contribution in [1.29, 1.82) is 0 Å². The van der Waals surface area contributed by atoms with Crippen molar-refractivity contribution in [3.05, 3.63) is 0 Å². The van der Waals surface area contributed by atoms with Gasteiger partial charge in [0.25, 0.3) is 5.91 Å². The first-order valence-corrected chi connectivity index (χ1v) is 6.05. The molecule has 0 unspecified atom stereocenters. The Morgan fingerprint density at radius 1 is 1.20 bits per heavy atom. The van der Waals surface area contributed by atoms with Crippen LogP contribution in [-0.4, -0.2) is 17.3 Å². The van der Waals surface area contributed by atoms with Gasteiger partial charge in [-0.2, -0.15) is 0 Å². The van der Waals surface area contributed by atoms with E-state index in [4.69, 9.17) is 0 Å². The van der Waals surface area contributed by atoms with Gasteiger partial charge in [-0.3, -0.25) is 9.79 Å². The lowest BCUT2D eigenvalue weighted by Gasteiger charge is -2.24. The molecule has 84 valence electrons. The Balaban J connectivity index is 2.19. The van der Waals surface area contributed by atoms with Crippen LogP contribution in [-0.2, 0) is 4.79 Å². The normalized spacial score (nSPS) is 25.3. The van der Waals surface area contributed by atoms with Crippen molar-refractivity contribution in [2.75, 3.05) is 0 Å². The zero-order chi connectivity index (χ0) is 10.9. The summed E-state index contributed by atoms with van der Waals surface area (Å²) in [5.41, 5.74) is 0.518. The molecule has 0 saturated heterocycles. The summed E-state index contributed by atoms with van der Waals surface area (Å²) in [6.07, 6.45) is 6.99. The molecular formula is C12H20N2O. The maximum Gasteiger partial charge on any atom is 0.267 e. The molecule has 3 heteroatoms. The Morgan fingerprint density at radius 3 is 2.27 bits per heavy atom. The maximum atomic E-state index is 11.8. The van der Waals surface area contributed by atoms with Gasteiger partial charge in [0.1, 0.15) is 11.4 Å². The number of nitrogens with one attached hydrogen (secondary N) is 1. The van der Waals surface area contributed by atoms with Crippen LogP contribution in [0.5, 0.6) is 0 Å². The molecule has 1 saturated carbocycles. The molecule has 2 aliphatic rings. The van der Waals surface area contributed by atoms with E-state index >= 15 is 0 Å². The van der Waals surface area contributed by atoms with Crippen LogP contribution in [0.2, 0.25) is 0 Å². The molecule has 0 aromatic carbocycles. The van der Waals surface area contributed by atoms with E-state index in [1.165, 1.54) is 25.7 Å². The standard InChI is InChI=1S/C12H20N2O/c1-9(2)10-11(15)14-12(13-10)7-5-3-4-6-8-12/h9H,3-8H2,1-2H3,(H,14,15). The minimum absolute atomic E-state index is 0.0619. The maximum absolute atomic E-state index is 11.8. The first-order valence-electron chi connectivity index (χ1n) is 6.05. The van der Waals surface area contributed by atoms with Crippen LogP contribution < -0.4 is 5.32 Å². The molecule has 0 atom stereocenters. The highest BCUT2D eigenvalue weighted by Gasteiger charge is 2.39. The molecule has 1 amide bonds. The minimum atomic E-state index is -0.229. The van der Waals surface area contributed by atoms with E-state index < -0.39 is 0 Å². The highest BCUT2D eigenvalue weighted by atomic mass is 16.2. The van der Waals surface area contributed by atoms with Crippen molar-refractivity contribution in [2.24, 2.45) is 10.9 Å². The first-order chi connectivity index (χ1) is 7.13. The number of carbonyl (C=O) groups is 1. The number of hydrogen-bond acceptors (Lipinski definition) is 2. The van der Waals surface area contributed by atoms with Gasteiger partial charge in [-0.05, 0) is 25.7 Å². The quantitative estimate of drug-likeness (QED) is 0.705. The average Bonchev–Trinajstić information content (AvgIpc) is 2.36. The zero-order valence-corrected chi connectivity index (χ0v) is 9.68. The van der Waals surface area contributed by atoms with E-state index in [1.807, 2.05) is 13.8 Å². The Morgan fingerprint density at radius 2 is 1.80 bits per heavy atom. The topological polar surface area (TPSA) is 41.5 Å². The lowest BCUT2D eigenvalue weighted by atomic mass is 10.0. The van der Waals surface area contributed by atoms with E-state index in [2.05, 4.69) is 10.3 Å². The smallest absolute Gasteiger partial charge is 0.267 e. The third kappa shape index (κ3) is 2.06. The SMILES string of the molecule is CC(C)C1=NC2(CCCCCC2)NC1=O. The number of aliphatic imine (C=N–C) groups is 1. The molecule has 1 aliphatic heterocycles. The number of amides is 1. The summed E-state index contributed by atoms with van der Waals surface area (Å²) in [4.78, 5) is 16.4. The molecule has 1 spiro atoms. The zero-order valence-electron chi connectivity index (χ0n) is 9.68. The van der Waals surface area contributed by atoms with E-state index in [-0.39, 0.29) is 17.5 Å². The summed E-state index contributed by atoms with van der Waals surface area (Å²) in [5.74, 6) is 0.305.